The molecule has 0 spiro atoms. The Morgan fingerprint density at radius 2 is 0.800 bits per heavy atom. The van der Waals surface area contributed by atoms with Crippen LogP contribution in [-0.4, -0.2) is 39.0 Å². The number of nitrogens with zero attached hydrogens (tertiary/aromatic N) is 2. The van der Waals surface area contributed by atoms with Crippen LogP contribution in [0.1, 0.15) is 0 Å². The molecule has 6 heteroatoms. The van der Waals surface area contributed by atoms with E-state index in [0.717, 1.165) is 11.4 Å². The van der Waals surface area contributed by atoms with E-state index in [1.165, 1.54) is 101 Å². The first-order valence-corrected chi connectivity index (χ1v) is 21.6. The zero-order chi connectivity index (χ0) is 32.5. The number of hydrogen-bond acceptors (Lipinski definition) is 4. The molecule has 6 aromatic carbocycles. The van der Waals surface area contributed by atoms with Crippen LogP contribution in [0, 0.1) is 0 Å². The normalized spacial score (nSPS) is 12.4. The van der Waals surface area contributed by atoms with Gasteiger partial charge in [-0.25, -0.2) is 0 Å². The minimum atomic E-state index is 0.231. The monoisotopic (exact) mass is 802 g/mol. The molecule has 2 nitrogen and oxygen atoms in total. The van der Waals surface area contributed by atoms with Crippen molar-refractivity contribution in [2.75, 3.05) is 0 Å². The van der Waals surface area contributed by atoms with Crippen molar-refractivity contribution in [1.29, 1.82) is 0 Å². The summed E-state index contributed by atoms with van der Waals surface area (Å²) in [6.45, 7) is 0. The van der Waals surface area contributed by atoms with Crippen molar-refractivity contribution in [3.63, 3.8) is 0 Å². The average molecular weight is 801 g/mol. The summed E-state index contributed by atoms with van der Waals surface area (Å²) in [6, 6.07) is 45.5. The van der Waals surface area contributed by atoms with Gasteiger partial charge < -0.3 is 0 Å². The third kappa shape index (κ3) is 4.25. The maximum atomic E-state index is 4.94. The molecule has 0 aliphatic carbocycles. The number of aromatic nitrogens is 2. The quantitative estimate of drug-likeness (QED) is 0.129. The number of hydrogen-bond donors (Lipinski definition) is 0. The van der Waals surface area contributed by atoms with Crippen LogP contribution in [0.2, 0.25) is 0 Å². The van der Waals surface area contributed by atoms with E-state index >= 15 is 0 Å². The van der Waals surface area contributed by atoms with Gasteiger partial charge in [0.15, 0.2) is 0 Å². The number of fused-ring (bicyclic) bond motifs is 11. The van der Waals surface area contributed by atoms with E-state index in [-0.39, 0.29) is 29.0 Å². The van der Waals surface area contributed by atoms with Gasteiger partial charge in [0.2, 0.25) is 0 Å². The van der Waals surface area contributed by atoms with E-state index in [0.29, 0.717) is 0 Å². The first-order valence-electron chi connectivity index (χ1n) is 16.5. The summed E-state index contributed by atoms with van der Waals surface area (Å²) < 4.78 is 11.3. The molecule has 6 aromatic heterocycles. The molecule has 0 bridgehead atoms. The second-order valence-electron chi connectivity index (χ2n) is 13.1. The summed E-state index contributed by atoms with van der Waals surface area (Å²) >= 11 is 4.39. The van der Waals surface area contributed by atoms with Crippen molar-refractivity contribution in [1.82, 2.24) is 9.97 Å². The molecule has 0 saturated carbocycles. The first kappa shape index (κ1) is 28.1. The van der Waals surface area contributed by atoms with Crippen molar-refractivity contribution < 1.29 is 0 Å². The van der Waals surface area contributed by atoms with Crippen molar-refractivity contribution in [2.24, 2.45) is 0 Å². The van der Waals surface area contributed by atoms with E-state index in [4.69, 9.17) is 9.97 Å². The summed E-state index contributed by atoms with van der Waals surface area (Å²) in [5.41, 5.74) is 2.21. The predicted octanol–water partition coefficient (Wildman–Crippen LogP) is 12.4. The maximum absolute atomic E-state index is 4.94. The molecule has 232 valence electrons. The molecule has 6 heterocycles. The van der Waals surface area contributed by atoms with Gasteiger partial charge in [-0.05, 0) is 0 Å². The van der Waals surface area contributed by atoms with Gasteiger partial charge in [-0.15, -0.1) is 0 Å². The zero-order valence-electron chi connectivity index (χ0n) is 26.2. The molecule has 0 saturated heterocycles. The molecule has 0 unspecified atom stereocenters. The summed E-state index contributed by atoms with van der Waals surface area (Å²) in [7, 11) is 0. The van der Waals surface area contributed by atoms with Crippen LogP contribution < -0.4 is 0 Å². The fourth-order valence-corrected chi connectivity index (χ4v) is 14.9. The van der Waals surface area contributed by atoms with Gasteiger partial charge in [0.05, 0.1) is 0 Å². The van der Waals surface area contributed by atoms with Gasteiger partial charge in [-0.3, -0.25) is 0 Å². The number of rotatable bonds is 2. The Labute approximate surface area is 305 Å². The molecule has 12 rings (SSSR count). The van der Waals surface area contributed by atoms with Crippen LogP contribution in [0.25, 0.3) is 112 Å². The third-order valence-electron chi connectivity index (χ3n) is 10.0. The van der Waals surface area contributed by atoms with E-state index in [2.05, 4.69) is 121 Å². The topological polar surface area (TPSA) is 25.8 Å². The van der Waals surface area contributed by atoms with Crippen LogP contribution in [0.5, 0.6) is 0 Å². The van der Waals surface area contributed by atoms with Crippen LogP contribution in [0.4, 0.5) is 0 Å². The molecular formula is C44H22N2S2Se2. The predicted molar refractivity (Wildman–Crippen MR) is 220 cm³/mol. The summed E-state index contributed by atoms with van der Waals surface area (Å²) in [4.78, 5) is 9.88. The Balaban J connectivity index is 0.938. The van der Waals surface area contributed by atoms with E-state index in [1.807, 2.05) is 35.1 Å². The Bertz CT molecular complexity index is 3170. The van der Waals surface area contributed by atoms with Gasteiger partial charge in [0, 0.05) is 0 Å². The van der Waals surface area contributed by atoms with E-state index < -0.39 is 0 Å². The molecular weight excluding hydrogens is 779 g/mol. The Morgan fingerprint density at radius 1 is 0.380 bits per heavy atom. The Kier molecular flexibility index (Phi) is 5.87. The molecule has 12 aromatic rings. The molecule has 0 radical (unpaired) electrons. The summed E-state index contributed by atoms with van der Waals surface area (Å²) in [5, 5.41) is 15.5. The van der Waals surface area contributed by atoms with Crippen LogP contribution >= 0.6 is 22.7 Å². The second-order valence-corrected chi connectivity index (χ2v) is 19.7. The van der Waals surface area contributed by atoms with Gasteiger partial charge in [0.25, 0.3) is 0 Å². The third-order valence-corrected chi connectivity index (χ3v) is 17.2. The first-order chi connectivity index (χ1) is 24.7. The molecule has 0 atom stereocenters. The fourth-order valence-electron chi connectivity index (χ4n) is 7.52. The SMILES string of the molecule is c1ccc2cc3cc(-c4cc5cc6c(cc5[se]4)sc4c5cc7cc(-c8cc9cc%10ccccc%10cc9cn8)[se]c7cc5sc64)ncc3cc2c1. The summed E-state index contributed by atoms with van der Waals surface area (Å²) in [6.07, 6.45) is 4.10. The fraction of sp³-hybridized carbons (Fsp3) is 0. The van der Waals surface area contributed by atoms with Crippen LogP contribution in [0.15, 0.2) is 134 Å². The standard InChI is InChI=1S/C44H22N2S2Se2/c1-3-7-25-11-31-21-45-35(15-27(31)9-23(25)5-1)41-17-29-13-33-37(19-39(29)49-41)47-44-34-14-30-18-42(50-40(30)20-38(34)48-43(33)44)36-16-28-10-24-6-2-4-8-26(24)12-32(28)22-46-36/h1-22H. The van der Waals surface area contributed by atoms with Crippen LogP contribution in [-0.2, 0) is 0 Å². The second kappa shape index (κ2) is 10.4. The average Bonchev–Trinajstić information content (AvgIpc) is 3.92. The van der Waals surface area contributed by atoms with Gasteiger partial charge in [-0.1, -0.05) is 0 Å². The number of pyridine rings is 2. The number of thiophene rings is 2. The molecule has 0 aliphatic heterocycles. The molecule has 0 fully saturated rings. The van der Waals surface area contributed by atoms with E-state index in [9.17, 15) is 0 Å². The van der Waals surface area contributed by atoms with Gasteiger partial charge in [-0.2, -0.15) is 0 Å². The van der Waals surface area contributed by atoms with Crippen molar-refractivity contribution >= 4 is 144 Å². The minimum absolute atomic E-state index is 0.231. The Hall–Kier alpha value is -4.64. The molecule has 50 heavy (non-hydrogen) atoms. The zero-order valence-corrected chi connectivity index (χ0v) is 31.3. The van der Waals surface area contributed by atoms with Crippen molar-refractivity contribution in [2.45, 2.75) is 0 Å². The molecule has 0 aliphatic rings. The van der Waals surface area contributed by atoms with Crippen molar-refractivity contribution in [3.8, 4) is 20.3 Å². The number of benzene rings is 6. The van der Waals surface area contributed by atoms with Gasteiger partial charge in [0.1, 0.15) is 0 Å². The van der Waals surface area contributed by atoms with E-state index in [1.54, 1.807) is 0 Å². The van der Waals surface area contributed by atoms with Crippen LogP contribution in [0.3, 0.4) is 0 Å². The van der Waals surface area contributed by atoms with Gasteiger partial charge >= 0.3 is 308 Å². The molecule has 0 N–H and O–H groups in total. The van der Waals surface area contributed by atoms with Crippen molar-refractivity contribution in [3.05, 3.63) is 134 Å². The molecule has 0 amide bonds. The summed E-state index contributed by atoms with van der Waals surface area (Å²) in [5.74, 6) is 0. The Morgan fingerprint density at radius 3 is 1.24 bits per heavy atom.